The van der Waals surface area contributed by atoms with Crippen molar-refractivity contribution in [3.63, 3.8) is 0 Å². The van der Waals surface area contributed by atoms with Crippen LogP contribution in [0.2, 0.25) is 0 Å². The largest absolute Gasteiger partial charge is 0.321 e. The van der Waals surface area contributed by atoms with Gasteiger partial charge in [0, 0.05) is 5.92 Å². The Balaban J connectivity index is 2.81. The van der Waals surface area contributed by atoms with Crippen molar-refractivity contribution in [3.05, 3.63) is 0 Å². The van der Waals surface area contributed by atoms with Crippen LogP contribution in [-0.4, -0.2) is 30.2 Å². The van der Waals surface area contributed by atoms with Crippen molar-refractivity contribution in [3.8, 4) is 0 Å². The lowest BCUT2D eigenvalue weighted by molar-refractivity contribution is -0.950. The Labute approximate surface area is 96.4 Å². The summed E-state index contributed by atoms with van der Waals surface area (Å²) in [4.78, 5) is 0. The fourth-order valence-electron chi connectivity index (χ4n) is 3.35. The Bertz CT molecular complexity index is 190. The molecule has 0 bridgehead atoms. The summed E-state index contributed by atoms with van der Waals surface area (Å²) in [6.45, 7) is 16.2. The number of hydrogen-bond donors (Lipinski definition) is 0. The Kier molecular flexibility index (Phi) is 4.64. The van der Waals surface area contributed by atoms with E-state index in [1.165, 1.54) is 43.4 Å². The molecule has 1 heterocycles. The van der Waals surface area contributed by atoms with E-state index in [4.69, 9.17) is 0 Å². The maximum atomic E-state index is 2.48. The van der Waals surface area contributed by atoms with Gasteiger partial charge in [-0.3, -0.25) is 0 Å². The molecule has 0 radical (unpaired) electrons. The summed E-state index contributed by atoms with van der Waals surface area (Å²) >= 11 is 0. The predicted octanol–water partition coefficient (Wildman–Crippen LogP) is 3.69. The van der Waals surface area contributed by atoms with Crippen LogP contribution >= 0.6 is 0 Å². The van der Waals surface area contributed by atoms with Crippen LogP contribution in [0.25, 0.3) is 0 Å². The third kappa shape index (κ3) is 2.75. The highest BCUT2D eigenvalue weighted by Gasteiger charge is 2.37. The first-order valence-corrected chi connectivity index (χ1v) is 6.91. The van der Waals surface area contributed by atoms with Gasteiger partial charge in [-0.05, 0) is 39.0 Å². The molecular formula is C14H30N+. The summed E-state index contributed by atoms with van der Waals surface area (Å²) in [7, 11) is 0. The van der Waals surface area contributed by atoms with Gasteiger partial charge in [0.2, 0.25) is 0 Å². The molecule has 0 aromatic carbocycles. The Hall–Kier alpha value is -0.0400. The summed E-state index contributed by atoms with van der Waals surface area (Å²) in [5, 5.41) is 0. The molecule has 0 aromatic rings. The van der Waals surface area contributed by atoms with Crippen molar-refractivity contribution in [2.24, 2.45) is 11.8 Å². The minimum atomic E-state index is 0.877. The lowest BCUT2D eigenvalue weighted by atomic mass is 9.92. The van der Waals surface area contributed by atoms with Gasteiger partial charge in [0.05, 0.1) is 25.7 Å². The SMILES string of the molecule is CCC[N+]1(CC)CC(C)C(C)CCC1C. The third-order valence-electron chi connectivity index (χ3n) is 4.90. The van der Waals surface area contributed by atoms with Gasteiger partial charge in [-0.25, -0.2) is 0 Å². The molecule has 1 nitrogen and oxygen atoms in total. The lowest BCUT2D eigenvalue weighted by Crippen LogP contribution is -2.55. The van der Waals surface area contributed by atoms with E-state index in [9.17, 15) is 0 Å². The van der Waals surface area contributed by atoms with E-state index in [1.54, 1.807) is 0 Å². The second-order valence-electron chi connectivity index (χ2n) is 5.82. The molecule has 1 heteroatoms. The van der Waals surface area contributed by atoms with E-state index < -0.39 is 0 Å². The molecular weight excluding hydrogens is 182 g/mol. The first-order valence-electron chi connectivity index (χ1n) is 6.91. The molecule has 4 unspecified atom stereocenters. The van der Waals surface area contributed by atoms with Crippen LogP contribution in [0, 0.1) is 11.8 Å². The van der Waals surface area contributed by atoms with Crippen LogP contribution in [-0.2, 0) is 0 Å². The van der Waals surface area contributed by atoms with Crippen LogP contribution in [0.1, 0.15) is 53.9 Å². The van der Waals surface area contributed by atoms with E-state index in [0.717, 1.165) is 17.9 Å². The van der Waals surface area contributed by atoms with Crippen LogP contribution in [0.5, 0.6) is 0 Å². The molecule has 1 fully saturated rings. The third-order valence-corrected chi connectivity index (χ3v) is 4.90. The van der Waals surface area contributed by atoms with Crippen molar-refractivity contribution < 1.29 is 4.48 Å². The van der Waals surface area contributed by atoms with Gasteiger partial charge in [-0.1, -0.05) is 20.8 Å². The number of rotatable bonds is 3. The average Bonchev–Trinajstić information content (AvgIpc) is 2.32. The molecule has 1 aliphatic rings. The number of hydrogen-bond acceptors (Lipinski definition) is 0. The second-order valence-corrected chi connectivity index (χ2v) is 5.82. The highest BCUT2D eigenvalue weighted by molar-refractivity contribution is 4.70. The first-order chi connectivity index (χ1) is 7.05. The fraction of sp³-hybridized carbons (Fsp3) is 1.00. The summed E-state index contributed by atoms with van der Waals surface area (Å²) < 4.78 is 1.38. The molecule has 1 aliphatic heterocycles. The van der Waals surface area contributed by atoms with Crippen LogP contribution < -0.4 is 0 Å². The monoisotopic (exact) mass is 212 g/mol. The molecule has 0 saturated carbocycles. The van der Waals surface area contributed by atoms with Crippen LogP contribution in [0.4, 0.5) is 0 Å². The van der Waals surface area contributed by atoms with E-state index >= 15 is 0 Å². The van der Waals surface area contributed by atoms with Gasteiger partial charge in [-0.15, -0.1) is 0 Å². The van der Waals surface area contributed by atoms with E-state index in [1.807, 2.05) is 0 Å². The quantitative estimate of drug-likeness (QED) is 0.626. The second kappa shape index (κ2) is 5.34. The first kappa shape index (κ1) is 13.0. The molecule has 15 heavy (non-hydrogen) atoms. The molecule has 0 spiro atoms. The summed E-state index contributed by atoms with van der Waals surface area (Å²) in [6.07, 6.45) is 4.20. The highest BCUT2D eigenvalue weighted by Crippen LogP contribution is 2.31. The number of nitrogens with zero attached hydrogens (tertiary/aromatic N) is 1. The Morgan fingerprint density at radius 3 is 2.20 bits per heavy atom. The van der Waals surface area contributed by atoms with Gasteiger partial charge >= 0.3 is 0 Å². The van der Waals surface area contributed by atoms with Gasteiger partial charge in [0.1, 0.15) is 0 Å². The van der Waals surface area contributed by atoms with Crippen molar-refractivity contribution in [1.82, 2.24) is 0 Å². The van der Waals surface area contributed by atoms with Gasteiger partial charge in [-0.2, -0.15) is 0 Å². The maximum absolute atomic E-state index is 2.48. The standard InChI is InChI=1S/C14H30N/c1-6-10-15(7-2)11-13(4)12(3)8-9-14(15)5/h12-14H,6-11H2,1-5H3/q+1. The Morgan fingerprint density at radius 2 is 1.67 bits per heavy atom. The zero-order valence-corrected chi connectivity index (χ0v) is 11.4. The van der Waals surface area contributed by atoms with Crippen molar-refractivity contribution in [2.75, 3.05) is 19.6 Å². The summed E-state index contributed by atoms with van der Waals surface area (Å²) in [5.74, 6) is 1.83. The average molecular weight is 212 g/mol. The minimum absolute atomic E-state index is 0.877. The van der Waals surface area contributed by atoms with E-state index in [0.29, 0.717) is 0 Å². The zero-order chi connectivity index (χ0) is 11.5. The Morgan fingerprint density at radius 1 is 1.00 bits per heavy atom. The topological polar surface area (TPSA) is 0 Å². The van der Waals surface area contributed by atoms with Crippen molar-refractivity contribution in [1.29, 1.82) is 0 Å². The fourth-order valence-corrected chi connectivity index (χ4v) is 3.35. The normalized spacial score (nSPS) is 42.6. The van der Waals surface area contributed by atoms with Crippen LogP contribution in [0.15, 0.2) is 0 Å². The number of quaternary nitrogens is 1. The molecule has 1 saturated heterocycles. The van der Waals surface area contributed by atoms with Crippen molar-refractivity contribution in [2.45, 2.75) is 59.9 Å². The van der Waals surface area contributed by atoms with Gasteiger partial charge < -0.3 is 4.48 Å². The van der Waals surface area contributed by atoms with Crippen LogP contribution in [0.3, 0.4) is 0 Å². The maximum Gasteiger partial charge on any atom is 0.0861 e. The smallest absolute Gasteiger partial charge is 0.0861 e. The molecule has 0 N–H and O–H groups in total. The zero-order valence-electron chi connectivity index (χ0n) is 11.4. The van der Waals surface area contributed by atoms with E-state index in [2.05, 4.69) is 34.6 Å². The lowest BCUT2D eigenvalue weighted by Gasteiger charge is -2.43. The molecule has 1 rings (SSSR count). The summed E-state index contributed by atoms with van der Waals surface area (Å²) in [5.41, 5.74) is 0. The molecule has 0 aliphatic carbocycles. The molecule has 90 valence electrons. The van der Waals surface area contributed by atoms with Crippen molar-refractivity contribution >= 4 is 0 Å². The molecule has 0 amide bonds. The molecule has 0 aromatic heterocycles. The van der Waals surface area contributed by atoms with Gasteiger partial charge in [0.15, 0.2) is 0 Å². The predicted molar refractivity (Wildman–Crippen MR) is 67.9 cm³/mol. The minimum Gasteiger partial charge on any atom is -0.321 e. The summed E-state index contributed by atoms with van der Waals surface area (Å²) in [6, 6.07) is 0.877. The number of likely N-dealkylation sites (tertiary alicyclic amines) is 1. The highest BCUT2D eigenvalue weighted by atomic mass is 15.4. The van der Waals surface area contributed by atoms with E-state index in [-0.39, 0.29) is 0 Å². The molecule has 4 atom stereocenters. The van der Waals surface area contributed by atoms with Gasteiger partial charge in [0.25, 0.3) is 0 Å².